The van der Waals surface area contributed by atoms with E-state index in [4.69, 9.17) is 19.0 Å². The number of furan rings is 1. The summed E-state index contributed by atoms with van der Waals surface area (Å²) in [5.41, 5.74) is 3.68. The van der Waals surface area contributed by atoms with E-state index in [0.29, 0.717) is 32.8 Å². The Kier molecular flexibility index (Phi) is 6.70. The molecule has 3 rings (SSSR count). The molecule has 0 spiro atoms. The number of nitrogens with one attached hydrogen (secondary N) is 1. The monoisotopic (exact) mass is 508 g/mol. The van der Waals surface area contributed by atoms with Crippen LogP contribution in [0.3, 0.4) is 0 Å². The summed E-state index contributed by atoms with van der Waals surface area (Å²) in [7, 11) is 0. The van der Waals surface area contributed by atoms with Gasteiger partial charge in [0.25, 0.3) is 0 Å². The first-order valence-electron chi connectivity index (χ1n) is 8.61. The topological polar surface area (TPSA) is 110 Å². The number of carboxylic acids is 1. The minimum absolute atomic E-state index is 0.158. The maximum Gasteiger partial charge on any atom is 0.341 e. The number of carbonyl (C=O) groups excluding carboxylic acids is 1. The molecule has 0 saturated carbocycles. The van der Waals surface area contributed by atoms with E-state index in [1.807, 2.05) is 47.7 Å². The van der Waals surface area contributed by atoms with Crippen LogP contribution in [-0.2, 0) is 4.79 Å². The molecule has 0 radical (unpaired) electrons. The quantitative estimate of drug-likeness (QED) is 0.273. The molecule has 1 heterocycles. The Labute approximate surface area is 179 Å². The van der Waals surface area contributed by atoms with E-state index >= 15 is 0 Å². The zero-order valence-electron chi connectivity index (χ0n) is 15.3. The third kappa shape index (κ3) is 5.25. The highest BCUT2D eigenvalue weighted by Crippen LogP contribution is 2.33. The molecule has 150 valence electrons. The van der Waals surface area contributed by atoms with Gasteiger partial charge >= 0.3 is 11.9 Å². The molecule has 2 N–H and O–H groups in total. The van der Waals surface area contributed by atoms with Gasteiger partial charge in [-0.3, -0.25) is 4.79 Å². The highest BCUT2D eigenvalue weighted by molar-refractivity contribution is 14.1. The third-order valence-corrected chi connectivity index (χ3v) is 4.50. The SMILES string of the molecule is CCOc1cc(/C=N/NC(=O)c2cc3ccccc3o2)cc(I)c1OCC(=O)O. The van der Waals surface area contributed by atoms with E-state index in [1.165, 1.54) is 6.21 Å². The molecule has 0 aliphatic rings. The molecule has 3 aromatic rings. The fourth-order valence-corrected chi connectivity index (χ4v) is 3.29. The number of hydrazone groups is 1. The Hall–Kier alpha value is -3.08. The van der Waals surface area contributed by atoms with Crippen molar-refractivity contribution in [1.29, 1.82) is 0 Å². The predicted octanol–water partition coefficient (Wildman–Crippen LogP) is 3.66. The number of hydrogen-bond acceptors (Lipinski definition) is 6. The van der Waals surface area contributed by atoms with Crippen LogP contribution in [0.5, 0.6) is 11.5 Å². The lowest BCUT2D eigenvalue weighted by atomic mass is 10.2. The molecule has 0 aliphatic heterocycles. The van der Waals surface area contributed by atoms with Crippen molar-refractivity contribution in [3.05, 3.63) is 57.4 Å². The number of aliphatic carboxylic acids is 1. The van der Waals surface area contributed by atoms with Crippen molar-refractivity contribution < 1.29 is 28.6 Å². The Morgan fingerprint density at radius 3 is 2.76 bits per heavy atom. The number of amides is 1. The van der Waals surface area contributed by atoms with Crippen molar-refractivity contribution in [3.63, 3.8) is 0 Å². The zero-order valence-corrected chi connectivity index (χ0v) is 17.5. The Morgan fingerprint density at radius 1 is 1.24 bits per heavy atom. The van der Waals surface area contributed by atoms with Gasteiger partial charge in [0.1, 0.15) is 5.58 Å². The number of fused-ring (bicyclic) bond motifs is 1. The molecule has 0 aliphatic carbocycles. The van der Waals surface area contributed by atoms with Gasteiger partial charge in [0.15, 0.2) is 23.9 Å². The lowest BCUT2D eigenvalue weighted by molar-refractivity contribution is -0.139. The van der Waals surface area contributed by atoms with E-state index in [2.05, 4.69) is 10.5 Å². The Morgan fingerprint density at radius 2 is 2.03 bits per heavy atom. The van der Waals surface area contributed by atoms with Crippen LogP contribution in [0.1, 0.15) is 23.0 Å². The van der Waals surface area contributed by atoms with Gasteiger partial charge in [0.2, 0.25) is 0 Å². The molecule has 1 aromatic heterocycles. The van der Waals surface area contributed by atoms with Crippen molar-refractivity contribution in [2.75, 3.05) is 13.2 Å². The highest BCUT2D eigenvalue weighted by Gasteiger charge is 2.14. The fourth-order valence-electron chi connectivity index (χ4n) is 2.51. The number of para-hydroxylation sites is 1. The maximum atomic E-state index is 12.2. The summed E-state index contributed by atoms with van der Waals surface area (Å²) in [6.07, 6.45) is 1.45. The number of carboxylic acid groups (broad SMARTS) is 1. The summed E-state index contributed by atoms with van der Waals surface area (Å²) in [6.45, 7) is 1.71. The molecule has 8 nitrogen and oxygen atoms in total. The van der Waals surface area contributed by atoms with Crippen LogP contribution in [-0.4, -0.2) is 36.4 Å². The molecule has 0 atom stereocenters. The number of nitrogens with zero attached hydrogens (tertiary/aromatic N) is 1. The first-order valence-corrected chi connectivity index (χ1v) is 9.68. The Bertz CT molecular complexity index is 1040. The van der Waals surface area contributed by atoms with Gasteiger partial charge in [-0.05, 0) is 59.3 Å². The second-order valence-corrected chi connectivity index (χ2v) is 6.96. The first-order chi connectivity index (χ1) is 14.0. The zero-order chi connectivity index (χ0) is 20.8. The molecule has 0 saturated heterocycles. The van der Waals surface area contributed by atoms with Crippen molar-refractivity contribution in [3.8, 4) is 11.5 Å². The second kappa shape index (κ2) is 9.41. The van der Waals surface area contributed by atoms with E-state index in [9.17, 15) is 9.59 Å². The van der Waals surface area contributed by atoms with Crippen LogP contribution in [0, 0.1) is 3.57 Å². The number of hydrogen-bond donors (Lipinski definition) is 2. The largest absolute Gasteiger partial charge is 0.490 e. The average molecular weight is 508 g/mol. The number of benzene rings is 2. The van der Waals surface area contributed by atoms with Crippen molar-refractivity contribution >= 4 is 51.7 Å². The van der Waals surface area contributed by atoms with Gasteiger partial charge in [0.05, 0.1) is 16.4 Å². The maximum absolute atomic E-state index is 12.2. The van der Waals surface area contributed by atoms with Crippen molar-refractivity contribution in [2.45, 2.75) is 6.92 Å². The summed E-state index contributed by atoms with van der Waals surface area (Å²) in [5.74, 6) is -0.657. The molecule has 9 heteroatoms. The van der Waals surface area contributed by atoms with Crippen molar-refractivity contribution in [2.24, 2.45) is 5.10 Å². The van der Waals surface area contributed by atoms with Crippen LogP contribution in [0.15, 0.2) is 52.0 Å². The highest BCUT2D eigenvalue weighted by atomic mass is 127. The number of ether oxygens (including phenoxy) is 2. The smallest absolute Gasteiger partial charge is 0.341 e. The molecular formula is C20H17IN2O6. The van der Waals surface area contributed by atoms with Crippen LogP contribution >= 0.6 is 22.6 Å². The van der Waals surface area contributed by atoms with Gasteiger partial charge in [0, 0.05) is 5.39 Å². The lowest BCUT2D eigenvalue weighted by Crippen LogP contribution is -2.16. The summed E-state index contributed by atoms with van der Waals surface area (Å²) < 4.78 is 17.0. The molecule has 0 unspecified atom stereocenters. The van der Waals surface area contributed by atoms with E-state index in [1.54, 1.807) is 24.3 Å². The summed E-state index contributed by atoms with van der Waals surface area (Å²) in [5, 5.41) is 13.6. The summed E-state index contributed by atoms with van der Waals surface area (Å²) in [6, 6.07) is 12.3. The minimum Gasteiger partial charge on any atom is -0.490 e. The van der Waals surface area contributed by atoms with Crippen LogP contribution < -0.4 is 14.9 Å². The molecule has 0 bridgehead atoms. The van der Waals surface area contributed by atoms with Crippen LogP contribution in [0.25, 0.3) is 11.0 Å². The molecule has 2 aromatic carbocycles. The number of rotatable bonds is 8. The van der Waals surface area contributed by atoms with Gasteiger partial charge in [-0.1, -0.05) is 18.2 Å². The fraction of sp³-hybridized carbons (Fsp3) is 0.150. The normalized spacial score (nSPS) is 11.0. The van der Waals surface area contributed by atoms with Gasteiger partial charge in [-0.15, -0.1) is 0 Å². The van der Waals surface area contributed by atoms with E-state index in [-0.39, 0.29) is 5.76 Å². The van der Waals surface area contributed by atoms with Gasteiger partial charge < -0.3 is 19.0 Å². The van der Waals surface area contributed by atoms with Gasteiger partial charge in [-0.25, -0.2) is 10.2 Å². The van der Waals surface area contributed by atoms with Crippen LogP contribution in [0.4, 0.5) is 0 Å². The summed E-state index contributed by atoms with van der Waals surface area (Å²) in [4.78, 5) is 23.0. The molecular weight excluding hydrogens is 491 g/mol. The Balaban J connectivity index is 1.73. The van der Waals surface area contributed by atoms with E-state index < -0.39 is 18.5 Å². The number of carbonyl (C=O) groups is 2. The third-order valence-electron chi connectivity index (χ3n) is 3.70. The van der Waals surface area contributed by atoms with Crippen LogP contribution in [0.2, 0.25) is 0 Å². The van der Waals surface area contributed by atoms with Gasteiger partial charge in [-0.2, -0.15) is 5.10 Å². The average Bonchev–Trinajstić information content (AvgIpc) is 3.12. The van der Waals surface area contributed by atoms with E-state index in [0.717, 1.165) is 5.39 Å². The van der Waals surface area contributed by atoms with Crippen molar-refractivity contribution in [1.82, 2.24) is 5.43 Å². The molecule has 0 fully saturated rings. The first kappa shape index (κ1) is 20.6. The standard InChI is InChI=1S/C20H17IN2O6/c1-2-27-16-8-12(7-14(21)19(16)28-11-18(24)25)10-22-23-20(26)17-9-13-5-3-4-6-15(13)29-17/h3-10H,2,11H2,1H3,(H,23,26)(H,24,25)/b22-10+. The molecule has 1 amide bonds. The second-order valence-electron chi connectivity index (χ2n) is 5.79. The lowest BCUT2D eigenvalue weighted by Gasteiger charge is -2.13. The number of halogens is 1. The predicted molar refractivity (Wildman–Crippen MR) is 115 cm³/mol. The molecule has 29 heavy (non-hydrogen) atoms. The summed E-state index contributed by atoms with van der Waals surface area (Å²) >= 11 is 2.02. The minimum atomic E-state index is -1.08.